The molecule has 2 aromatic rings. The summed E-state index contributed by atoms with van der Waals surface area (Å²) in [5.74, 6) is 0.420. The lowest BCUT2D eigenvalue weighted by Crippen LogP contribution is -2.14. The number of anilines is 2. The Labute approximate surface area is 128 Å². The van der Waals surface area contributed by atoms with Crippen molar-refractivity contribution >= 4 is 17.6 Å². The number of hydrogen-bond acceptors (Lipinski definition) is 4. The summed E-state index contributed by atoms with van der Waals surface area (Å²) in [6.45, 7) is 4.46. The molecule has 0 aliphatic heterocycles. The summed E-state index contributed by atoms with van der Waals surface area (Å²) in [5, 5.41) is 5.77. The Morgan fingerprint density at radius 2 is 2.05 bits per heavy atom. The third-order valence-electron chi connectivity index (χ3n) is 3.01. The summed E-state index contributed by atoms with van der Waals surface area (Å²) in [4.78, 5) is 15.6. The monoisotopic (exact) mass is 303 g/mol. The zero-order valence-corrected chi connectivity index (χ0v) is 12.5. The van der Waals surface area contributed by atoms with Crippen molar-refractivity contribution in [2.75, 3.05) is 17.2 Å². The highest BCUT2D eigenvalue weighted by Gasteiger charge is 2.06. The number of rotatable bonds is 5. The van der Waals surface area contributed by atoms with E-state index in [0.29, 0.717) is 24.7 Å². The summed E-state index contributed by atoms with van der Waals surface area (Å²) in [5.41, 5.74) is 2.42. The predicted molar refractivity (Wildman–Crippen MR) is 83.3 cm³/mol. The maximum Gasteiger partial charge on any atom is 0.411 e. The first-order chi connectivity index (χ1) is 10.6. The molecule has 1 amide bonds. The molecule has 0 aliphatic rings. The van der Waals surface area contributed by atoms with Crippen molar-refractivity contribution in [2.24, 2.45) is 0 Å². The lowest BCUT2D eigenvalue weighted by atomic mass is 10.2. The summed E-state index contributed by atoms with van der Waals surface area (Å²) in [6.07, 6.45) is 1.07. The molecule has 0 saturated heterocycles. The van der Waals surface area contributed by atoms with Gasteiger partial charge in [0, 0.05) is 6.54 Å². The number of amides is 1. The Kier molecular flexibility index (Phi) is 5.30. The van der Waals surface area contributed by atoms with Crippen LogP contribution in [0.1, 0.15) is 18.1 Å². The molecule has 0 radical (unpaired) electrons. The van der Waals surface area contributed by atoms with Gasteiger partial charge in [-0.15, -0.1) is 0 Å². The van der Waals surface area contributed by atoms with Gasteiger partial charge in [0.25, 0.3) is 0 Å². The first-order valence-electron chi connectivity index (χ1n) is 6.97. The minimum absolute atomic E-state index is 0.257. The average Bonchev–Trinajstić information content (AvgIpc) is 2.49. The van der Waals surface area contributed by atoms with Gasteiger partial charge in [-0.3, -0.25) is 5.32 Å². The summed E-state index contributed by atoms with van der Waals surface area (Å²) in [6, 6.07) is 8.09. The molecule has 0 saturated carbocycles. The van der Waals surface area contributed by atoms with Crippen molar-refractivity contribution in [2.45, 2.75) is 20.4 Å². The Balaban J connectivity index is 1.97. The third-order valence-corrected chi connectivity index (χ3v) is 3.01. The van der Waals surface area contributed by atoms with Crippen LogP contribution < -0.4 is 10.6 Å². The normalized spacial score (nSPS) is 10.1. The second-order valence-electron chi connectivity index (χ2n) is 4.71. The van der Waals surface area contributed by atoms with E-state index in [0.717, 1.165) is 11.1 Å². The maximum absolute atomic E-state index is 12.8. The van der Waals surface area contributed by atoms with Crippen molar-refractivity contribution < 1.29 is 13.9 Å². The molecule has 0 atom stereocenters. The first kappa shape index (κ1) is 15.8. The Morgan fingerprint density at radius 3 is 2.68 bits per heavy atom. The van der Waals surface area contributed by atoms with Gasteiger partial charge in [-0.2, -0.15) is 0 Å². The average molecular weight is 303 g/mol. The van der Waals surface area contributed by atoms with Crippen molar-refractivity contribution in [3.63, 3.8) is 0 Å². The number of ether oxygens (including phenoxy) is 1. The molecule has 0 unspecified atom stereocenters. The smallest absolute Gasteiger partial charge is 0.411 e. The summed E-state index contributed by atoms with van der Waals surface area (Å²) >= 11 is 0. The van der Waals surface area contributed by atoms with Crippen molar-refractivity contribution in [3.05, 3.63) is 53.5 Å². The highest BCUT2D eigenvalue weighted by atomic mass is 19.1. The third kappa shape index (κ3) is 4.44. The van der Waals surface area contributed by atoms with Gasteiger partial charge in [-0.25, -0.2) is 14.2 Å². The van der Waals surface area contributed by atoms with Crippen LogP contribution >= 0.6 is 0 Å². The van der Waals surface area contributed by atoms with Gasteiger partial charge in [-0.05, 0) is 43.2 Å². The molecule has 2 N–H and O–H groups in total. The minimum Gasteiger partial charge on any atom is -0.450 e. The van der Waals surface area contributed by atoms with Crippen molar-refractivity contribution in [3.8, 4) is 0 Å². The van der Waals surface area contributed by atoms with E-state index in [1.54, 1.807) is 25.3 Å². The van der Waals surface area contributed by atoms with Crippen LogP contribution in [0.4, 0.5) is 20.7 Å². The molecule has 0 spiro atoms. The second kappa shape index (κ2) is 7.40. The van der Waals surface area contributed by atoms with E-state index in [9.17, 15) is 9.18 Å². The van der Waals surface area contributed by atoms with Gasteiger partial charge in [0.05, 0.1) is 18.5 Å². The van der Waals surface area contributed by atoms with E-state index < -0.39 is 6.09 Å². The number of carbonyl (C=O) groups is 1. The van der Waals surface area contributed by atoms with E-state index >= 15 is 0 Å². The van der Waals surface area contributed by atoms with Crippen molar-refractivity contribution in [1.82, 2.24) is 4.98 Å². The number of aromatic nitrogens is 1. The zero-order chi connectivity index (χ0) is 15.9. The Morgan fingerprint density at radius 1 is 1.32 bits per heavy atom. The van der Waals surface area contributed by atoms with Crippen LogP contribution in [0.5, 0.6) is 0 Å². The van der Waals surface area contributed by atoms with Crippen LogP contribution in [-0.4, -0.2) is 17.7 Å². The molecule has 2 rings (SSSR count). The number of halogens is 1. The van der Waals surface area contributed by atoms with Crippen LogP contribution in [0.3, 0.4) is 0 Å². The van der Waals surface area contributed by atoms with Gasteiger partial charge in [-0.1, -0.05) is 12.1 Å². The zero-order valence-electron chi connectivity index (χ0n) is 12.5. The molecule has 5 nitrogen and oxygen atoms in total. The fourth-order valence-electron chi connectivity index (χ4n) is 1.86. The number of benzene rings is 1. The lowest BCUT2D eigenvalue weighted by Gasteiger charge is -2.11. The highest BCUT2D eigenvalue weighted by Crippen LogP contribution is 2.17. The van der Waals surface area contributed by atoms with Crippen LogP contribution in [0.2, 0.25) is 0 Å². The quantitative estimate of drug-likeness (QED) is 0.884. The number of aryl methyl sites for hydroxylation is 1. The minimum atomic E-state index is -0.501. The van der Waals surface area contributed by atoms with E-state index in [2.05, 4.69) is 15.6 Å². The maximum atomic E-state index is 12.8. The van der Waals surface area contributed by atoms with Crippen LogP contribution in [-0.2, 0) is 11.3 Å². The fraction of sp³-hybridized carbons (Fsp3) is 0.250. The fourth-order valence-corrected chi connectivity index (χ4v) is 1.86. The topological polar surface area (TPSA) is 63.2 Å². The largest absolute Gasteiger partial charge is 0.450 e. The summed E-state index contributed by atoms with van der Waals surface area (Å²) in [7, 11) is 0. The number of carbonyl (C=O) groups excluding carboxylic acids is 1. The molecule has 22 heavy (non-hydrogen) atoms. The molecule has 1 aromatic heterocycles. The second-order valence-corrected chi connectivity index (χ2v) is 4.71. The van der Waals surface area contributed by atoms with Crippen LogP contribution in [0.25, 0.3) is 0 Å². The first-order valence-corrected chi connectivity index (χ1v) is 6.97. The summed E-state index contributed by atoms with van der Waals surface area (Å²) < 4.78 is 17.7. The SMILES string of the molecule is CCOC(=O)Nc1cnc(NCc2ccc(F)cc2)cc1C. The van der Waals surface area contributed by atoms with Crippen LogP contribution in [0, 0.1) is 12.7 Å². The standard InChI is InChI=1S/C16H18FN3O2/c1-3-22-16(21)20-14-10-19-15(8-11(14)2)18-9-12-4-6-13(17)7-5-12/h4-8,10H,3,9H2,1-2H3,(H,18,19)(H,20,21). The van der Waals surface area contributed by atoms with Gasteiger partial charge >= 0.3 is 6.09 Å². The molecular formula is C16H18FN3O2. The number of hydrogen-bond donors (Lipinski definition) is 2. The lowest BCUT2D eigenvalue weighted by molar-refractivity contribution is 0.168. The van der Waals surface area contributed by atoms with Crippen LogP contribution in [0.15, 0.2) is 36.5 Å². The van der Waals surface area contributed by atoms with E-state index in [1.165, 1.54) is 12.1 Å². The molecule has 1 heterocycles. The van der Waals surface area contributed by atoms with E-state index in [1.807, 2.05) is 13.0 Å². The number of nitrogens with zero attached hydrogens (tertiary/aromatic N) is 1. The molecular weight excluding hydrogens is 285 g/mol. The molecule has 116 valence electrons. The Hall–Kier alpha value is -2.63. The number of pyridine rings is 1. The molecule has 0 aliphatic carbocycles. The number of nitrogens with one attached hydrogen (secondary N) is 2. The van der Waals surface area contributed by atoms with E-state index in [-0.39, 0.29) is 5.82 Å². The van der Waals surface area contributed by atoms with Crippen molar-refractivity contribution in [1.29, 1.82) is 0 Å². The molecule has 0 bridgehead atoms. The molecule has 0 fully saturated rings. The molecule has 6 heteroatoms. The predicted octanol–water partition coefficient (Wildman–Crippen LogP) is 3.71. The van der Waals surface area contributed by atoms with Gasteiger partial charge in [0.2, 0.25) is 0 Å². The van der Waals surface area contributed by atoms with Gasteiger partial charge < -0.3 is 10.1 Å². The molecule has 1 aromatic carbocycles. The van der Waals surface area contributed by atoms with Gasteiger partial charge in [0.15, 0.2) is 0 Å². The van der Waals surface area contributed by atoms with Gasteiger partial charge in [0.1, 0.15) is 11.6 Å². The Bertz CT molecular complexity index is 644. The highest BCUT2D eigenvalue weighted by molar-refractivity contribution is 5.85. The van der Waals surface area contributed by atoms with E-state index in [4.69, 9.17) is 4.74 Å².